The molecule has 51 heavy (non-hydrogen) atoms. The lowest BCUT2D eigenvalue weighted by Gasteiger charge is -2.25. The molecule has 0 radical (unpaired) electrons. The lowest BCUT2D eigenvalue weighted by molar-refractivity contribution is 0.794. The van der Waals surface area contributed by atoms with Crippen molar-refractivity contribution in [1.82, 2.24) is 9.38 Å². The summed E-state index contributed by atoms with van der Waals surface area (Å²) in [5, 5.41) is 8.72. The minimum atomic E-state index is 0.408. The number of imidazole rings is 1. The highest BCUT2D eigenvalue weighted by molar-refractivity contribution is 6.15. The van der Waals surface area contributed by atoms with Crippen molar-refractivity contribution < 1.29 is 0 Å². The van der Waals surface area contributed by atoms with E-state index in [0.29, 0.717) is 5.92 Å². The number of hydrogen-bond acceptors (Lipinski definition) is 1. The molecule has 2 nitrogen and oxygen atoms in total. The molecule has 0 saturated carbocycles. The molecule has 9 aromatic rings. The summed E-state index contributed by atoms with van der Waals surface area (Å²) in [6.45, 7) is 0. The van der Waals surface area contributed by atoms with E-state index in [1.807, 2.05) is 0 Å². The molecule has 7 aromatic carbocycles. The van der Waals surface area contributed by atoms with Gasteiger partial charge in [0.1, 0.15) is 5.65 Å². The summed E-state index contributed by atoms with van der Waals surface area (Å²) >= 11 is 0. The van der Waals surface area contributed by atoms with Crippen LogP contribution in [0.4, 0.5) is 0 Å². The van der Waals surface area contributed by atoms with Crippen LogP contribution in [0.25, 0.3) is 82.2 Å². The van der Waals surface area contributed by atoms with E-state index in [-0.39, 0.29) is 0 Å². The third-order valence-electron chi connectivity index (χ3n) is 11.1. The van der Waals surface area contributed by atoms with Crippen LogP contribution in [0.15, 0.2) is 182 Å². The lowest BCUT2D eigenvalue weighted by atomic mass is 9.80. The molecule has 0 amide bonds. The number of hydrogen-bond donors (Lipinski definition) is 0. The number of fused-ring (bicyclic) bond motifs is 11. The highest BCUT2D eigenvalue weighted by atomic mass is 15.0. The fourth-order valence-corrected chi connectivity index (χ4v) is 8.40. The standard InChI is InChI=1S/C49H32N2/c1-2-8-32-25-33(14-13-31(32)7-1)34-15-16-36-27-37(18-17-35(36)26-34)38-19-20-40-29-41(22-21-39(40)28-38)42-23-24-44-45(30-42)43-9-3-5-11-47(43)51-48-12-6-4-10-46(48)50-49(44)51/h1-25,27-30,35H,26H2. The largest absolute Gasteiger partial charge is 0.292 e. The van der Waals surface area contributed by atoms with Crippen LogP contribution in [0.1, 0.15) is 17.5 Å². The molecule has 0 bridgehead atoms. The maximum Gasteiger partial charge on any atom is 0.146 e. The van der Waals surface area contributed by atoms with Gasteiger partial charge in [-0.25, -0.2) is 4.98 Å². The molecule has 2 heteroatoms. The zero-order valence-corrected chi connectivity index (χ0v) is 27.9. The zero-order valence-electron chi connectivity index (χ0n) is 27.9. The van der Waals surface area contributed by atoms with Gasteiger partial charge in [-0.2, -0.15) is 0 Å². The van der Waals surface area contributed by atoms with E-state index in [0.717, 1.165) is 23.1 Å². The second-order valence-electron chi connectivity index (χ2n) is 14.0. The Kier molecular flexibility index (Phi) is 6.11. The van der Waals surface area contributed by atoms with Gasteiger partial charge in [-0.05, 0) is 121 Å². The van der Waals surface area contributed by atoms with Gasteiger partial charge in [0.15, 0.2) is 0 Å². The second kappa shape index (κ2) is 11.0. The maximum atomic E-state index is 5.08. The molecule has 2 aliphatic rings. The Labute approximate surface area is 295 Å². The normalized spacial score (nSPS) is 15.8. The first-order valence-electron chi connectivity index (χ1n) is 17.8. The van der Waals surface area contributed by atoms with Crippen molar-refractivity contribution in [3.05, 3.63) is 193 Å². The van der Waals surface area contributed by atoms with Crippen molar-refractivity contribution in [3.8, 4) is 11.1 Å². The smallest absolute Gasteiger partial charge is 0.146 e. The van der Waals surface area contributed by atoms with Gasteiger partial charge in [-0.15, -0.1) is 0 Å². The summed E-state index contributed by atoms with van der Waals surface area (Å²) in [6, 6.07) is 53.1. The van der Waals surface area contributed by atoms with Crippen LogP contribution in [-0.4, -0.2) is 9.38 Å². The quantitative estimate of drug-likeness (QED) is 0.174. The number of para-hydroxylation sites is 3. The summed E-state index contributed by atoms with van der Waals surface area (Å²) in [5.41, 5.74) is 13.4. The van der Waals surface area contributed by atoms with Gasteiger partial charge in [-0.1, -0.05) is 127 Å². The first-order valence-corrected chi connectivity index (χ1v) is 17.8. The Morgan fingerprint density at radius 3 is 2.10 bits per heavy atom. The van der Waals surface area contributed by atoms with E-state index in [1.165, 1.54) is 82.2 Å². The summed E-state index contributed by atoms with van der Waals surface area (Å²) < 4.78 is 2.31. The van der Waals surface area contributed by atoms with Crippen LogP contribution in [0.3, 0.4) is 0 Å². The Bertz CT molecular complexity index is 3060. The number of rotatable bonds is 3. The van der Waals surface area contributed by atoms with Crippen molar-refractivity contribution in [1.29, 1.82) is 0 Å². The monoisotopic (exact) mass is 648 g/mol. The minimum Gasteiger partial charge on any atom is -0.292 e. The van der Waals surface area contributed by atoms with Gasteiger partial charge in [0.05, 0.1) is 16.6 Å². The number of allylic oxidation sites excluding steroid dienone is 8. The van der Waals surface area contributed by atoms with Crippen molar-refractivity contribution >= 4 is 71.0 Å². The number of benzene rings is 7. The molecule has 0 spiro atoms. The van der Waals surface area contributed by atoms with Gasteiger partial charge in [0, 0.05) is 16.7 Å². The molecule has 0 aliphatic heterocycles. The summed E-state index contributed by atoms with van der Waals surface area (Å²) in [5.74, 6) is 0.408. The Hall–Kier alpha value is -6.51. The van der Waals surface area contributed by atoms with Crippen LogP contribution < -0.4 is 0 Å². The van der Waals surface area contributed by atoms with E-state index in [1.54, 1.807) is 0 Å². The molecule has 0 fully saturated rings. The van der Waals surface area contributed by atoms with Crippen molar-refractivity contribution in [2.75, 3.05) is 0 Å². The first kappa shape index (κ1) is 28.3. The summed E-state index contributed by atoms with van der Waals surface area (Å²) in [6.07, 6.45) is 12.8. The molecule has 0 N–H and O–H groups in total. The van der Waals surface area contributed by atoms with Gasteiger partial charge < -0.3 is 0 Å². The van der Waals surface area contributed by atoms with Crippen LogP contribution in [0.2, 0.25) is 0 Å². The van der Waals surface area contributed by atoms with Crippen LogP contribution in [0.5, 0.6) is 0 Å². The molecular formula is C49H32N2. The molecule has 2 aliphatic carbocycles. The highest BCUT2D eigenvalue weighted by Gasteiger charge is 2.21. The Balaban J connectivity index is 0.931. The van der Waals surface area contributed by atoms with E-state index in [2.05, 4.69) is 180 Å². The van der Waals surface area contributed by atoms with Gasteiger partial charge in [0.2, 0.25) is 0 Å². The average molecular weight is 649 g/mol. The molecule has 2 heterocycles. The molecular weight excluding hydrogens is 617 g/mol. The predicted molar refractivity (Wildman–Crippen MR) is 216 cm³/mol. The number of pyridine rings is 1. The van der Waals surface area contributed by atoms with Gasteiger partial charge in [-0.3, -0.25) is 4.40 Å². The van der Waals surface area contributed by atoms with E-state index < -0.39 is 0 Å². The minimum absolute atomic E-state index is 0.408. The molecule has 1 atom stereocenters. The van der Waals surface area contributed by atoms with Crippen LogP contribution in [0, 0.1) is 5.92 Å². The van der Waals surface area contributed by atoms with Crippen molar-refractivity contribution in [2.24, 2.45) is 5.92 Å². The fraction of sp³-hybridized carbons (Fsp3) is 0.0408. The Morgan fingerprint density at radius 2 is 1.18 bits per heavy atom. The Morgan fingerprint density at radius 1 is 0.510 bits per heavy atom. The lowest BCUT2D eigenvalue weighted by Crippen LogP contribution is -2.08. The predicted octanol–water partition coefficient (Wildman–Crippen LogP) is 12.8. The molecule has 0 saturated heterocycles. The van der Waals surface area contributed by atoms with E-state index in [4.69, 9.17) is 4.98 Å². The van der Waals surface area contributed by atoms with Gasteiger partial charge in [0.25, 0.3) is 0 Å². The molecule has 1 unspecified atom stereocenters. The average Bonchev–Trinajstić information content (AvgIpc) is 3.60. The van der Waals surface area contributed by atoms with E-state index in [9.17, 15) is 0 Å². The second-order valence-corrected chi connectivity index (χ2v) is 14.0. The van der Waals surface area contributed by atoms with Crippen molar-refractivity contribution in [2.45, 2.75) is 6.42 Å². The van der Waals surface area contributed by atoms with Crippen molar-refractivity contribution in [3.63, 3.8) is 0 Å². The fourth-order valence-electron chi connectivity index (χ4n) is 8.40. The third kappa shape index (κ3) is 4.53. The summed E-state index contributed by atoms with van der Waals surface area (Å²) in [7, 11) is 0. The number of nitrogens with zero attached hydrogens (tertiary/aromatic N) is 2. The molecule has 2 aromatic heterocycles. The highest BCUT2D eigenvalue weighted by Crippen LogP contribution is 2.40. The summed E-state index contributed by atoms with van der Waals surface area (Å²) in [4.78, 5) is 5.08. The van der Waals surface area contributed by atoms with E-state index >= 15 is 0 Å². The SMILES string of the molecule is C1=CC2CC(c3ccc4ccccc4c3)=CC=C2C=C1c1ccc2cc(-c3ccc4c(c3)c3ccccc3n3c5ccccc5nc43)ccc2c1. The van der Waals surface area contributed by atoms with Crippen LogP contribution >= 0.6 is 0 Å². The van der Waals surface area contributed by atoms with Crippen LogP contribution in [-0.2, 0) is 0 Å². The van der Waals surface area contributed by atoms with Gasteiger partial charge >= 0.3 is 0 Å². The molecule has 238 valence electrons. The zero-order chi connectivity index (χ0) is 33.5. The maximum absolute atomic E-state index is 5.08. The topological polar surface area (TPSA) is 17.3 Å². The molecule has 11 rings (SSSR count). The number of aromatic nitrogens is 2. The third-order valence-corrected chi connectivity index (χ3v) is 11.1. The first-order chi connectivity index (χ1) is 25.2.